The third kappa shape index (κ3) is 4.17. The number of urea groups is 1. The number of thiazole rings is 1. The fourth-order valence-corrected chi connectivity index (χ4v) is 2.95. The molecule has 24 heavy (non-hydrogen) atoms. The van der Waals surface area contributed by atoms with Crippen LogP contribution in [0.1, 0.15) is 11.3 Å². The van der Waals surface area contributed by atoms with Gasteiger partial charge in [0.25, 0.3) is 0 Å². The molecule has 0 bridgehead atoms. The Labute approximate surface area is 143 Å². The van der Waals surface area contributed by atoms with E-state index in [1.165, 1.54) is 12.1 Å². The van der Waals surface area contributed by atoms with Crippen molar-refractivity contribution in [2.75, 3.05) is 5.32 Å². The van der Waals surface area contributed by atoms with Crippen LogP contribution in [0.15, 0.2) is 53.9 Å². The lowest BCUT2D eigenvalue weighted by Gasteiger charge is -2.08. The maximum atomic E-state index is 12.8. The molecule has 0 spiro atoms. The first-order valence-corrected chi connectivity index (χ1v) is 8.30. The Hall–Kier alpha value is -2.73. The van der Waals surface area contributed by atoms with Gasteiger partial charge in [0.1, 0.15) is 10.8 Å². The Bertz CT molecular complexity index is 828. The molecule has 0 aliphatic heterocycles. The Morgan fingerprint density at radius 3 is 2.46 bits per heavy atom. The highest BCUT2D eigenvalue weighted by atomic mass is 32.1. The van der Waals surface area contributed by atoms with Gasteiger partial charge in [-0.15, -0.1) is 11.3 Å². The van der Waals surface area contributed by atoms with Crippen LogP contribution in [0.5, 0.6) is 0 Å². The number of rotatable bonds is 4. The number of carbonyl (C=O) groups is 1. The Balaban J connectivity index is 1.55. The molecule has 3 rings (SSSR count). The highest BCUT2D eigenvalue weighted by Crippen LogP contribution is 2.24. The zero-order valence-corrected chi connectivity index (χ0v) is 13.9. The molecule has 0 saturated carbocycles. The van der Waals surface area contributed by atoms with Gasteiger partial charge in [-0.25, -0.2) is 14.2 Å². The number of nitrogens with zero attached hydrogens (tertiary/aromatic N) is 1. The monoisotopic (exact) mass is 341 g/mol. The molecule has 122 valence electrons. The SMILES string of the molecule is Cc1csc(-c2ccc(NC(=O)NCc3ccc(F)cc3)cc2)n1. The number of benzene rings is 2. The number of carbonyl (C=O) groups excluding carboxylic acids is 1. The van der Waals surface area contributed by atoms with Crippen molar-refractivity contribution in [1.29, 1.82) is 0 Å². The largest absolute Gasteiger partial charge is 0.334 e. The zero-order chi connectivity index (χ0) is 16.9. The number of hydrogen-bond acceptors (Lipinski definition) is 3. The normalized spacial score (nSPS) is 10.4. The van der Waals surface area contributed by atoms with Crippen LogP contribution in [0.4, 0.5) is 14.9 Å². The molecule has 3 aromatic rings. The average Bonchev–Trinajstić information content (AvgIpc) is 3.01. The van der Waals surface area contributed by atoms with Crippen LogP contribution in [0, 0.1) is 12.7 Å². The van der Waals surface area contributed by atoms with E-state index < -0.39 is 0 Å². The van der Waals surface area contributed by atoms with Gasteiger partial charge in [-0.3, -0.25) is 0 Å². The van der Waals surface area contributed by atoms with Gasteiger partial charge >= 0.3 is 6.03 Å². The quantitative estimate of drug-likeness (QED) is 0.730. The van der Waals surface area contributed by atoms with Crippen LogP contribution in [0.3, 0.4) is 0 Å². The Morgan fingerprint density at radius 2 is 1.83 bits per heavy atom. The zero-order valence-electron chi connectivity index (χ0n) is 13.0. The van der Waals surface area contributed by atoms with E-state index in [1.807, 2.05) is 36.6 Å². The van der Waals surface area contributed by atoms with Crippen LogP contribution in [0.2, 0.25) is 0 Å². The molecular weight excluding hydrogens is 325 g/mol. The number of halogens is 1. The van der Waals surface area contributed by atoms with Crippen LogP contribution in [-0.4, -0.2) is 11.0 Å². The third-order valence-electron chi connectivity index (χ3n) is 3.38. The Kier molecular flexibility index (Phi) is 4.86. The molecule has 1 heterocycles. The molecule has 0 radical (unpaired) electrons. The molecule has 0 aliphatic rings. The van der Waals surface area contributed by atoms with Gasteiger partial charge in [0, 0.05) is 28.9 Å². The van der Waals surface area contributed by atoms with Crippen molar-refractivity contribution in [1.82, 2.24) is 10.3 Å². The maximum absolute atomic E-state index is 12.8. The molecule has 2 aromatic carbocycles. The molecule has 0 atom stereocenters. The van der Waals surface area contributed by atoms with E-state index in [9.17, 15) is 9.18 Å². The van der Waals surface area contributed by atoms with E-state index in [0.717, 1.165) is 21.8 Å². The fourth-order valence-electron chi connectivity index (χ4n) is 2.14. The molecule has 0 unspecified atom stereocenters. The number of nitrogens with one attached hydrogen (secondary N) is 2. The summed E-state index contributed by atoms with van der Waals surface area (Å²) in [4.78, 5) is 16.3. The van der Waals surface area contributed by atoms with Crippen molar-refractivity contribution >= 4 is 23.1 Å². The highest BCUT2D eigenvalue weighted by Gasteiger charge is 2.05. The predicted octanol–water partition coefficient (Wildman–Crippen LogP) is 4.58. The average molecular weight is 341 g/mol. The summed E-state index contributed by atoms with van der Waals surface area (Å²) in [5.74, 6) is -0.293. The summed E-state index contributed by atoms with van der Waals surface area (Å²) in [7, 11) is 0. The van der Waals surface area contributed by atoms with Crippen molar-refractivity contribution in [3.05, 3.63) is 71.0 Å². The molecule has 1 aromatic heterocycles. The van der Waals surface area contributed by atoms with E-state index in [0.29, 0.717) is 12.2 Å². The van der Waals surface area contributed by atoms with E-state index in [4.69, 9.17) is 0 Å². The van der Waals surface area contributed by atoms with Gasteiger partial charge < -0.3 is 10.6 Å². The third-order valence-corrected chi connectivity index (χ3v) is 4.38. The van der Waals surface area contributed by atoms with Crippen LogP contribution in [-0.2, 0) is 6.54 Å². The van der Waals surface area contributed by atoms with E-state index in [1.54, 1.807) is 23.5 Å². The van der Waals surface area contributed by atoms with E-state index in [-0.39, 0.29) is 11.8 Å². The van der Waals surface area contributed by atoms with Crippen LogP contribution >= 0.6 is 11.3 Å². The standard InChI is InChI=1S/C18H16FN3OS/c1-12-11-24-17(21-12)14-4-8-16(9-5-14)22-18(23)20-10-13-2-6-15(19)7-3-13/h2-9,11H,10H2,1H3,(H2,20,22,23). The second kappa shape index (κ2) is 7.23. The van der Waals surface area contributed by atoms with Gasteiger partial charge in [-0.1, -0.05) is 12.1 Å². The highest BCUT2D eigenvalue weighted by molar-refractivity contribution is 7.13. The van der Waals surface area contributed by atoms with Crippen molar-refractivity contribution in [3.8, 4) is 10.6 Å². The molecule has 2 N–H and O–H groups in total. The minimum atomic E-state index is -0.308. The second-order valence-corrected chi connectivity index (χ2v) is 6.16. The van der Waals surface area contributed by atoms with Crippen molar-refractivity contribution in [2.24, 2.45) is 0 Å². The van der Waals surface area contributed by atoms with Gasteiger partial charge in [-0.2, -0.15) is 0 Å². The molecular formula is C18H16FN3OS. The van der Waals surface area contributed by atoms with Gasteiger partial charge in [0.15, 0.2) is 0 Å². The number of amides is 2. The van der Waals surface area contributed by atoms with Crippen molar-refractivity contribution in [3.63, 3.8) is 0 Å². The van der Waals surface area contributed by atoms with Crippen LogP contribution < -0.4 is 10.6 Å². The van der Waals surface area contributed by atoms with Gasteiger partial charge in [-0.05, 0) is 48.9 Å². The van der Waals surface area contributed by atoms with Gasteiger partial charge in [0.05, 0.1) is 0 Å². The van der Waals surface area contributed by atoms with E-state index in [2.05, 4.69) is 15.6 Å². The first kappa shape index (κ1) is 16.1. The maximum Gasteiger partial charge on any atom is 0.319 e. The minimum absolute atomic E-state index is 0.293. The summed E-state index contributed by atoms with van der Waals surface area (Å²) in [5, 5.41) is 8.46. The fraction of sp³-hybridized carbons (Fsp3) is 0.111. The van der Waals surface area contributed by atoms with E-state index >= 15 is 0 Å². The second-order valence-electron chi connectivity index (χ2n) is 5.31. The lowest BCUT2D eigenvalue weighted by atomic mass is 10.2. The molecule has 0 aliphatic carbocycles. The number of hydrogen-bond donors (Lipinski definition) is 2. The number of aromatic nitrogens is 1. The Morgan fingerprint density at radius 1 is 1.12 bits per heavy atom. The summed E-state index contributed by atoms with van der Waals surface area (Å²) < 4.78 is 12.8. The molecule has 0 saturated heterocycles. The molecule has 0 fully saturated rings. The lowest BCUT2D eigenvalue weighted by Crippen LogP contribution is -2.28. The van der Waals surface area contributed by atoms with Crippen molar-refractivity contribution < 1.29 is 9.18 Å². The molecule has 6 heteroatoms. The topological polar surface area (TPSA) is 54.0 Å². The summed E-state index contributed by atoms with van der Waals surface area (Å²) in [6.45, 7) is 2.30. The smallest absolute Gasteiger partial charge is 0.319 e. The number of anilines is 1. The number of aryl methyl sites for hydroxylation is 1. The van der Waals surface area contributed by atoms with Crippen molar-refractivity contribution in [2.45, 2.75) is 13.5 Å². The first-order valence-electron chi connectivity index (χ1n) is 7.42. The lowest BCUT2D eigenvalue weighted by molar-refractivity contribution is 0.251. The summed E-state index contributed by atoms with van der Waals surface area (Å²) in [5.41, 5.74) is 3.55. The first-order chi connectivity index (χ1) is 11.6. The predicted molar refractivity (Wildman–Crippen MR) is 94.5 cm³/mol. The minimum Gasteiger partial charge on any atom is -0.334 e. The molecule has 4 nitrogen and oxygen atoms in total. The van der Waals surface area contributed by atoms with Gasteiger partial charge in [0.2, 0.25) is 0 Å². The molecule has 2 amide bonds. The van der Waals surface area contributed by atoms with Crippen LogP contribution in [0.25, 0.3) is 10.6 Å². The summed E-state index contributed by atoms with van der Waals surface area (Å²) in [6.07, 6.45) is 0. The summed E-state index contributed by atoms with van der Waals surface area (Å²) in [6, 6.07) is 13.2. The summed E-state index contributed by atoms with van der Waals surface area (Å²) >= 11 is 1.59.